The Kier molecular flexibility index (Phi) is 2.86. The van der Waals surface area contributed by atoms with Gasteiger partial charge in [-0.2, -0.15) is 0 Å². The summed E-state index contributed by atoms with van der Waals surface area (Å²) in [6, 6.07) is 1.77. The third kappa shape index (κ3) is 2.09. The van der Waals surface area contributed by atoms with E-state index in [1.807, 2.05) is 6.92 Å². The van der Waals surface area contributed by atoms with Crippen molar-refractivity contribution in [1.29, 1.82) is 0 Å². The lowest BCUT2D eigenvalue weighted by Gasteiger charge is -2.20. The van der Waals surface area contributed by atoms with E-state index in [0.29, 0.717) is 11.6 Å². The predicted octanol–water partition coefficient (Wildman–Crippen LogP) is 0.734. The summed E-state index contributed by atoms with van der Waals surface area (Å²) in [7, 11) is 0. The summed E-state index contributed by atoms with van der Waals surface area (Å²) in [5, 5.41) is 0. The van der Waals surface area contributed by atoms with Crippen molar-refractivity contribution >= 4 is 5.91 Å². The third-order valence-electron chi connectivity index (χ3n) is 2.83. The van der Waals surface area contributed by atoms with E-state index in [9.17, 15) is 4.79 Å². The van der Waals surface area contributed by atoms with E-state index in [1.165, 1.54) is 0 Å². The van der Waals surface area contributed by atoms with Gasteiger partial charge in [-0.15, -0.1) is 0 Å². The molecule has 0 saturated carbocycles. The Morgan fingerprint density at radius 3 is 2.67 bits per heavy atom. The van der Waals surface area contributed by atoms with Gasteiger partial charge in [-0.05, 0) is 26.8 Å². The Morgan fingerprint density at radius 1 is 1.39 bits per heavy atom. The number of nitrogens with two attached hydrogens (primary N) is 1. The molecular weight excluding hydrogens is 230 g/mol. The molecule has 2 aromatic rings. The Balaban J connectivity index is 2.55. The van der Waals surface area contributed by atoms with E-state index in [2.05, 4.69) is 15.0 Å². The van der Waals surface area contributed by atoms with Crippen LogP contribution in [0.5, 0.6) is 0 Å². The van der Waals surface area contributed by atoms with Gasteiger partial charge < -0.3 is 5.73 Å². The largest absolute Gasteiger partial charge is 0.369 e. The summed E-state index contributed by atoms with van der Waals surface area (Å²) in [4.78, 5) is 24.1. The monoisotopic (exact) mass is 245 g/mol. The van der Waals surface area contributed by atoms with Crippen LogP contribution in [0.25, 0.3) is 5.95 Å². The van der Waals surface area contributed by atoms with Crippen molar-refractivity contribution in [2.75, 3.05) is 0 Å². The Bertz CT molecular complexity index is 574. The van der Waals surface area contributed by atoms with E-state index < -0.39 is 11.3 Å². The van der Waals surface area contributed by atoms with Crippen molar-refractivity contribution in [2.24, 2.45) is 5.73 Å². The number of nitrogens with zero attached hydrogens (tertiary/aromatic N) is 4. The van der Waals surface area contributed by atoms with E-state index in [4.69, 9.17) is 5.73 Å². The average Bonchev–Trinajstić information content (AvgIpc) is 2.81. The summed E-state index contributed by atoms with van der Waals surface area (Å²) in [6.45, 7) is 5.34. The standard InChI is InChI=1S/C12H15N5O/c1-8-6-9(12(2,3)10(13)18)16-11(15-8)17-5-4-14-7-17/h4-7H,1-3H3,(H2,13,18). The van der Waals surface area contributed by atoms with Crippen LogP contribution in [0, 0.1) is 6.92 Å². The number of aromatic nitrogens is 4. The lowest BCUT2D eigenvalue weighted by atomic mass is 9.88. The van der Waals surface area contributed by atoms with Gasteiger partial charge in [-0.3, -0.25) is 9.36 Å². The molecule has 2 N–H and O–H groups in total. The Morgan fingerprint density at radius 2 is 2.11 bits per heavy atom. The van der Waals surface area contributed by atoms with Crippen LogP contribution in [0.3, 0.4) is 0 Å². The minimum atomic E-state index is -0.830. The van der Waals surface area contributed by atoms with Crippen LogP contribution in [0.15, 0.2) is 24.8 Å². The molecule has 0 saturated heterocycles. The molecule has 0 aliphatic carbocycles. The molecule has 0 aromatic carbocycles. The number of carbonyl (C=O) groups is 1. The number of hydrogen-bond donors (Lipinski definition) is 1. The molecule has 0 atom stereocenters. The van der Waals surface area contributed by atoms with Gasteiger partial charge in [0.05, 0.1) is 11.1 Å². The normalized spacial score (nSPS) is 11.5. The smallest absolute Gasteiger partial charge is 0.235 e. The molecular formula is C12H15N5O. The highest BCUT2D eigenvalue weighted by Crippen LogP contribution is 2.21. The molecule has 2 rings (SSSR count). The number of carbonyl (C=O) groups excluding carboxylic acids is 1. The molecule has 1 amide bonds. The first-order valence-corrected chi connectivity index (χ1v) is 5.55. The van der Waals surface area contributed by atoms with Gasteiger partial charge in [-0.1, -0.05) is 0 Å². The number of primary amides is 1. The van der Waals surface area contributed by atoms with Crippen molar-refractivity contribution in [2.45, 2.75) is 26.2 Å². The lowest BCUT2D eigenvalue weighted by Crippen LogP contribution is -2.36. The fourth-order valence-electron chi connectivity index (χ4n) is 1.49. The molecule has 6 heteroatoms. The zero-order valence-corrected chi connectivity index (χ0v) is 10.6. The van der Waals surface area contributed by atoms with Crippen LogP contribution in [-0.4, -0.2) is 25.4 Å². The molecule has 0 spiro atoms. The first kappa shape index (κ1) is 12.2. The minimum Gasteiger partial charge on any atom is -0.369 e. The summed E-state index contributed by atoms with van der Waals surface area (Å²) in [5.74, 6) is 0.0639. The first-order valence-electron chi connectivity index (χ1n) is 5.55. The molecule has 0 fully saturated rings. The van der Waals surface area contributed by atoms with Crippen LogP contribution < -0.4 is 5.73 Å². The van der Waals surface area contributed by atoms with Gasteiger partial charge >= 0.3 is 0 Å². The van der Waals surface area contributed by atoms with Crippen LogP contribution in [-0.2, 0) is 10.2 Å². The van der Waals surface area contributed by atoms with E-state index in [-0.39, 0.29) is 0 Å². The quantitative estimate of drug-likeness (QED) is 0.863. The first-order chi connectivity index (χ1) is 8.41. The fraction of sp³-hybridized carbons (Fsp3) is 0.333. The third-order valence-corrected chi connectivity index (χ3v) is 2.83. The predicted molar refractivity (Wildman–Crippen MR) is 66.1 cm³/mol. The van der Waals surface area contributed by atoms with Crippen molar-refractivity contribution in [3.05, 3.63) is 36.2 Å². The van der Waals surface area contributed by atoms with Crippen molar-refractivity contribution in [3.8, 4) is 5.95 Å². The van der Waals surface area contributed by atoms with Crippen LogP contribution >= 0.6 is 0 Å². The molecule has 2 heterocycles. The summed E-state index contributed by atoms with van der Waals surface area (Å²) in [5.41, 5.74) is 5.95. The van der Waals surface area contributed by atoms with E-state index in [1.54, 1.807) is 43.2 Å². The minimum absolute atomic E-state index is 0.419. The van der Waals surface area contributed by atoms with Gasteiger partial charge in [0.25, 0.3) is 0 Å². The van der Waals surface area contributed by atoms with Crippen molar-refractivity contribution < 1.29 is 4.79 Å². The molecule has 0 radical (unpaired) electrons. The number of aryl methyl sites for hydroxylation is 1. The van der Waals surface area contributed by atoms with Crippen molar-refractivity contribution in [1.82, 2.24) is 19.5 Å². The maximum absolute atomic E-state index is 11.5. The Labute approximate surface area is 105 Å². The van der Waals surface area contributed by atoms with Crippen molar-refractivity contribution in [3.63, 3.8) is 0 Å². The summed E-state index contributed by atoms with van der Waals surface area (Å²) < 4.78 is 1.69. The number of amides is 1. The SMILES string of the molecule is Cc1cc(C(C)(C)C(N)=O)nc(-n2ccnc2)n1. The fourth-order valence-corrected chi connectivity index (χ4v) is 1.49. The number of hydrogen-bond acceptors (Lipinski definition) is 4. The van der Waals surface area contributed by atoms with Gasteiger partial charge in [0.15, 0.2) is 0 Å². The second-order valence-electron chi connectivity index (χ2n) is 4.65. The van der Waals surface area contributed by atoms with E-state index >= 15 is 0 Å². The molecule has 0 aliphatic heterocycles. The lowest BCUT2D eigenvalue weighted by molar-refractivity contribution is -0.122. The zero-order valence-electron chi connectivity index (χ0n) is 10.6. The van der Waals surface area contributed by atoms with Crippen LogP contribution in [0.2, 0.25) is 0 Å². The molecule has 2 aromatic heterocycles. The van der Waals surface area contributed by atoms with Gasteiger partial charge in [0, 0.05) is 18.1 Å². The van der Waals surface area contributed by atoms with Crippen LogP contribution in [0.1, 0.15) is 25.2 Å². The Hall–Kier alpha value is -2.24. The average molecular weight is 245 g/mol. The number of rotatable bonds is 3. The summed E-state index contributed by atoms with van der Waals surface area (Å²) in [6.07, 6.45) is 5.00. The topological polar surface area (TPSA) is 86.7 Å². The molecule has 18 heavy (non-hydrogen) atoms. The molecule has 0 aliphatic rings. The highest BCUT2D eigenvalue weighted by molar-refractivity contribution is 5.85. The summed E-state index contributed by atoms with van der Waals surface area (Å²) >= 11 is 0. The maximum Gasteiger partial charge on any atom is 0.235 e. The van der Waals surface area contributed by atoms with Crippen LogP contribution in [0.4, 0.5) is 0 Å². The zero-order chi connectivity index (χ0) is 13.3. The molecule has 0 unspecified atom stereocenters. The second kappa shape index (κ2) is 4.21. The van der Waals surface area contributed by atoms with E-state index in [0.717, 1.165) is 5.69 Å². The number of imidazole rings is 1. The second-order valence-corrected chi connectivity index (χ2v) is 4.65. The van der Waals surface area contributed by atoms with Gasteiger partial charge in [0.1, 0.15) is 6.33 Å². The highest BCUT2D eigenvalue weighted by atomic mass is 16.1. The maximum atomic E-state index is 11.5. The molecule has 0 bridgehead atoms. The molecule has 94 valence electrons. The van der Waals surface area contributed by atoms with Gasteiger partial charge in [0.2, 0.25) is 11.9 Å². The highest BCUT2D eigenvalue weighted by Gasteiger charge is 2.29. The molecule has 6 nitrogen and oxygen atoms in total. The van der Waals surface area contributed by atoms with Gasteiger partial charge in [-0.25, -0.2) is 15.0 Å².